The molecule has 2 rings (SSSR count). The zero-order chi connectivity index (χ0) is 19.6. The average Bonchev–Trinajstić information content (AvgIpc) is 2.63. The fraction of sp³-hybridized carbons (Fsp3) is 0.650. The second-order valence-electron chi connectivity index (χ2n) is 7.16. The average molecular weight is 527 g/mol. The van der Waals surface area contributed by atoms with Gasteiger partial charge in [0, 0.05) is 44.3 Å². The van der Waals surface area contributed by atoms with Crippen LogP contribution in [0.15, 0.2) is 23.2 Å². The van der Waals surface area contributed by atoms with E-state index in [1.165, 1.54) is 12.1 Å². The second-order valence-corrected chi connectivity index (χ2v) is 7.57. The highest BCUT2D eigenvalue weighted by molar-refractivity contribution is 14.0. The molecule has 8 heteroatoms. The Kier molecular flexibility index (Phi) is 12.3. The number of benzene rings is 1. The predicted octanol–water partition coefficient (Wildman–Crippen LogP) is 3.69. The number of ether oxygens (including phenoxy) is 1. The van der Waals surface area contributed by atoms with Gasteiger partial charge in [0.05, 0.1) is 12.7 Å². The van der Waals surface area contributed by atoms with Crippen LogP contribution in [0.3, 0.4) is 0 Å². The molecule has 1 heterocycles. The van der Waals surface area contributed by atoms with Crippen LogP contribution in [0.2, 0.25) is 5.02 Å². The molecule has 0 amide bonds. The molecule has 1 fully saturated rings. The monoisotopic (exact) mass is 526 g/mol. The number of rotatable bonds is 8. The van der Waals surface area contributed by atoms with E-state index >= 15 is 0 Å². The van der Waals surface area contributed by atoms with Crippen molar-refractivity contribution in [1.29, 1.82) is 0 Å². The molecule has 0 radical (unpaired) electrons. The van der Waals surface area contributed by atoms with Gasteiger partial charge in [0.25, 0.3) is 0 Å². The van der Waals surface area contributed by atoms with Gasteiger partial charge in [-0.15, -0.1) is 24.0 Å². The summed E-state index contributed by atoms with van der Waals surface area (Å²) in [6.45, 7) is 8.76. The molecular formula is C20H33ClFIN4O. The SMILES string of the molecule is CN=C(NCCc1ccc(F)cc1Cl)NC1CCN(CCOC(C)C)CC1.I. The van der Waals surface area contributed by atoms with E-state index in [9.17, 15) is 4.39 Å². The molecule has 1 aliphatic rings. The number of likely N-dealkylation sites (tertiary alicyclic amines) is 1. The number of halogens is 3. The number of guanidine groups is 1. The molecule has 160 valence electrons. The zero-order valence-electron chi connectivity index (χ0n) is 17.0. The largest absolute Gasteiger partial charge is 0.377 e. The summed E-state index contributed by atoms with van der Waals surface area (Å²) < 4.78 is 18.7. The van der Waals surface area contributed by atoms with Crippen LogP contribution in [0, 0.1) is 5.82 Å². The molecule has 0 aliphatic carbocycles. The van der Waals surface area contributed by atoms with Gasteiger partial charge in [-0.1, -0.05) is 17.7 Å². The van der Waals surface area contributed by atoms with Crippen LogP contribution in [0.4, 0.5) is 4.39 Å². The second kappa shape index (κ2) is 13.6. The fourth-order valence-corrected chi connectivity index (χ4v) is 3.41. The molecular weight excluding hydrogens is 494 g/mol. The van der Waals surface area contributed by atoms with E-state index in [4.69, 9.17) is 16.3 Å². The Bertz CT molecular complexity index is 610. The van der Waals surface area contributed by atoms with Gasteiger partial charge < -0.3 is 20.3 Å². The molecule has 1 aromatic rings. The van der Waals surface area contributed by atoms with Gasteiger partial charge in [-0.2, -0.15) is 0 Å². The Hall–Kier alpha value is -0.640. The van der Waals surface area contributed by atoms with Crippen molar-refractivity contribution >= 4 is 41.5 Å². The van der Waals surface area contributed by atoms with Gasteiger partial charge in [-0.25, -0.2) is 4.39 Å². The number of nitrogens with zero attached hydrogens (tertiary/aromatic N) is 2. The van der Waals surface area contributed by atoms with Gasteiger partial charge in [-0.05, 0) is 50.8 Å². The number of hydrogen-bond donors (Lipinski definition) is 2. The maximum atomic E-state index is 13.1. The topological polar surface area (TPSA) is 48.9 Å². The van der Waals surface area contributed by atoms with Crippen molar-refractivity contribution < 1.29 is 9.13 Å². The predicted molar refractivity (Wildman–Crippen MR) is 126 cm³/mol. The summed E-state index contributed by atoms with van der Waals surface area (Å²) >= 11 is 6.07. The van der Waals surface area contributed by atoms with Crippen LogP contribution in [-0.2, 0) is 11.2 Å². The lowest BCUT2D eigenvalue weighted by Gasteiger charge is -2.33. The molecule has 0 aromatic heterocycles. The number of piperidine rings is 1. The molecule has 5 nitrogen and oxygen atoms in total. The first kappa shape index (κ1) is 25.4. The molecule has 2 N–H and O–H groups in total. The lowest BCUT2D eigenvalue weighted by atomic mass is 10.1. The van der Waals surface area contributed by atoms with Crippen molar-refractivity contribution in [2.45, 2.75) is 45.3 Å². The summed E-state index contributed by atoms with van der Waals surface area (Å²) in [7, 11) is 1.78. The summed E-state index contributed by atoms with van der Waals surface area (Å²) in [6.07, 6.45) is 3.19. The van der Waals surface area contributed by atoms with Gasteiger partial charge in [0.1, 0.15) is 5.82 Å². The van der Waals surface area contributed by atoms with Gasteiger partial charge in [-0.3, -0.25) is 4.99 Å². The van der Waals surface area contributed by atoms with Crippen LogP contribution in [0.1, 0.15) is 32.3 Å². The summed E-state index contributed by atoms with van der Waals surface area (Å²) in [5, 5.41) is 7.28. The lowest BCUT2D eigenvalue weighted by Crippen LogP contribution is -2.49. The van der Waals surface area contributed by atoms with Crippen LogP contribution < -0.4 is 10.6 Å². The Balaban J connectivity index is 0.00000392. The van der Waals surface area contributed by atoms with Crippen LogP contribution >= 0.6 is 35.6 Å². The third kappa shape index (κ3) is 9.24. The van der Waals surface area contributed by atoms with Gasteiger partial charge in [0.2, 0.25) is 0 Å². The van der Waals surface area contributed by atoms with E-state index in [-0.39, 0.29) is 29.8 Å². The summed E-state index contributed by atoms with van der Waals surface area (Å²) in [6, 6.07) is 4.94. The minimum Gasteiger partial charge on any atom is -0.377 e. The molecule has 28 heavy (non-hydrogen) atoms. The minimum atomic E-state index is -0.309. The highest BCUT2D eigenvalue weighted by atomic mass is 127. The van der Waals surface area contributed by atoms with Crippen LogP contribution in [0.5, 0.6) is 0 Å². The molecule has 0 unspecified atom stereocenters. The Morgan fingerprint density at radius 2 is 2.07 bits per heavy atom. The number of aliphatic imine (C=N–C) groups is 1. The third-order valence-corrected chi connectivity index (χ3v) is 5.06. The van der Waals surface area contributed by atoms with E-state index in [0.29, 0.717) is 30.1 Å². The van der Waals surface area contributed by atoms with Crippen molar-refractivity contribution in [3.63, 3.8) is 0 Å². The molecule has 0 atom stereocenters. The van der Waals surface area contributed by atoms with Crippen LogP contribution in [0.25, 0.3) is 0 Å². The van der Waals surface area contributed by atoms with Crippen molar-refractivity contribution in [2.75, 3.05) is 39.8 Å². The number of hydrogen-bond acceptors (Lipinski definition) is 3. The summed E-state index contributed by atoms with van der Waals surface area (Å²) in [5.41, 5.74) is 0.929. The maximum absolute atomic E-state index is 13.1. The quantitative estimate of drug-likeness (QED) is 0.308. The molecule has 1 aromatic carbocycles. The Morgan fingerprint density at radius 3 is 2.68 bits per heavy atom. The molecule has 1 saturated heterocycles. The maximum Gasteiger partial charge on any atom is 0.191 e. The molecule has 0 saturated carbocycles. The normalized spacial score (nSPS) is 16.1. The minimum absolute atomic E-state index is 0. The number of nitrogens with one attached hydrogen (secondary N) is 2. The van der Waals surface area contributed by atoms with Crippen LogP contribution in [-0.4, -0.2) is 62.8 Å². The molecule has 0 bridgehead atoms. The van der Waals surface area contributed by atoms with Crippen molar-refractivity contribution in [3.8, 4) is 0 Å². The van der Waals surface area contributed by atoms with Crippen molar-refractivity contribution in [1.82, 2.24) is 15.5 Å². The van der Waals surface area contributed by atoms with Gasteiger partial charge >= 0.3 is 0 Å². The smallest absolute Gasteiger partial charge is 0.191 e. The first-order valence-electron chi connectivity index (χ1n) is 9.73. The van der Waals surface area contributed by atoms with E-state index < -0.39 is 0 Å². The third-order valence-electron chi connectivity index (χ3n) is 4.71. The van der Waals surface area contributed by atoms with Crippen molar-refractivity contribution in [3.05, 3.63) is 34.6 Å². The summed E-state index contributed by atoms with van der Waals surface area (Å²) in [4.78, 5) is 6.76. The molecule has 0 spiro atoms. The first-order chi connectivity index (χ1) is 13.0. The van der Waals surface area contributed by atoms with E-state index in [2.05, 4.69) is 34.4 Å². The lowest BCUT2D eigenvalue weighted by molar-refractivity contribution is 0.0532. The zero-order valence-corrected chi connectivity index (χ0v) is 20.1. The fourth-order valence-electron chi connectivity index (χ4n) is 3.15. The summed E-state index contributed by atoms with van der Waals surface area (Å²) in [5.74, 6) is 0.492. The van der Waals surface area contributed by atoms with E-state index in [1.54, 1.807) is 13.1 Å². The Morgan fingerprint density at radius 1 is 1.36 bits per heavy atom. The molecule has 1 aliphatic heterocycles. The standard InChI is InChI=1S/C20H32ClFN4O.HI/c1-15(2)27-13-12-26-10-7-18(8-11-26)25-20(23-3)24-9-6-16-4-5-17(22)14-19(16)21;/h4-5,14-15,18H,6-13H2,1-3H3,(H2,23,24,25);1H. The van der Waals surface area contributed by atoms with E-state index in [1.807, 2.05) is 0 Å². The highest BCUT2D eigenvalue weighted by Gasteiger charge is 2.19. The Labute approximate surface area is 190 Å². The van der Waals surface area contributed by atoms with Gasteiger partial charge in [0.15, 0.2) is 5.96 Å². The van der Waals surface area contributed by atoms with E-state index in [0.717, 1.165) is 50.6 Å². The van der Waals surface area contributed by atoms with Crippen molar-refractivity contribution in [2.24, 2.45) is 4.99 Å². The first-order valence-corrected chi connectivity index (χ1v) is 10.1. The highest BCUT2D eigenvalue weighted by Crippen LogP contribution is 2.17.